The SMILES string of the molecule is CCC(CNC(=O)Nc1nc(C)cs1)CC(=O)O. The fourth-order valence-electron chi connectivity index (χ4n) is 1.40. The predicted molar refractivity (Wildman–Crippen MR) is 69.9 cm³/mol. The Morgan fingerprint density at radius 3 is 2.78 bits per heavy atom. The van der Waals surface area contributed by atoms with Crippen LogP contribution in [0.25, 0.3) is 0 Å². The van der Waals surface area contributed by atoms with Crippen LogP contribution in [-0.2, 0) is 4.79 Å². The second-order valence-corrected chi connectivity index (χ2v) is 4.86. The highest BCUT2D eigenvalue weighted by Crippen LogP contribution is 2.14. The molecule has 2 amide bonds. The first-order valence-electron chi connectivity index (χ1n) is 5.70. The third-order valence-electron chi connectivity index (χ3n) is 2.43. The van der Waals surface area contributed by atoms with Crippen molar-refractivity contribution < 1.29 is 14.7 Å². The van der Waals surface area contributed by atoms with Crippen molar-refractivity contribution in [3.05, 3.63) is 11.1 Å². The van der Waals surface area contributed by atoms with E-state index in [1.807, 2.05) is 19.2 Å². The molecule has 1 rings (SSSR count). The zero-order valence-corrected chi connectivity index (χ0v) is 11.2. The van der Waals surface area contributed by atoms with Crippen molar-refractivity contribution in [3.8, 4) is 0 Å². The minimum absolute atomic E-state index is 0.0497. The van der Waals surface area contributed by atoms with Crippen molar-refractivity contribution in [1.82, 2.24) is 10.3 Å². The van der Waals surface area contributed by atoms with Crippen LogP contribution in [0.5, 0.6) is 0 Å². The molecule has 1 unspecified atom stereocenters. The lowest BCUT2D eigenvalue weighted by Crippen LogP contribution is -2.33. The van der Waals surface area contributed by atoms with Crippen molar-refractivity contribution in [1.29, 1.82) is 0 Å². The molecule has 0 aliphatic rings. The van der Waals surface area contributed by atoms with Crippen LogP contribution in [0, 0.1) is 12.8 Å². The summed E-state index contributed by atoms with van der Waals surface area (Å²) < 4.78 is 0. The predicted octanol–water partition coefficient (Wildman–Crippen LogP) is 2.07. The third-order valence-corrected chi connectivity index (χ3v) is 3.31. The summed E-state index contributed by atoms with van der Waals surface area (Å²) >= 11 is 1.35. The van der Waals surface area contributed by atoms with Gasteiger partial charge in [0, 0.05) is 18.3 Å². The Hall–Kier alpha value is -1.63. The highest BCUT2D eigenvalue weighted by molar-refractivity contribution is 7.13. The maximum absolute atomic E-state index is 11.5. The number of hydrogen-bond acceptors (Lipinski definition) is 4. The average Bonchev–Trinajstić information content (AvgIpc) is 2.69. The Morgan fingerprint density at radius 2 is 2.28 bits per heavy atom. The molecule has 1 aromatic heterocycles. The number of nitrogens with one attached hydrogen (secondary N) is 2. The Bertz CT molecular complexity index is 419. The van der Waals surface area contributed by atoms with Crippen LogP contribution in [0.1, 0.15) is 25.5 Å². The van der Waals surface area contributed by atoms with Gasteiger partial charge in [0.1, 0.15) is 0 Å². The van der Waals surface area contributed by atoms with Gasteiger partial charge < -0.3 is 10.4 Å². The van der Waals surface area contributed by atoms with Crippen LogP contribution in [0.3, 0.4) is 0 Å². The van der Waals surface area contributed by atoms with E-state index >= 15 is 0 Å². The molecule has 0 fully saturated rings. The maximum atomic E-state index is 11.5. The van der Waals surface area contributed by atoms with Gasteiger partial charge in [-0.3, -0.25) is 10.1 Å². The highest BCUT2D eigenvalue weighted by Gasteiger charge is 2.12. The molecule has 1 aromatic rings. The van der Waals surface area contributed by atoms with Gasteiger partial charge in [-0.25, -0.2) is 9.78 Å². The number of aromatic nitrogens is 1. The molecular weight excluding hydrogens is 254 g/mol. The van der Waals surface area contributed by atoms with Crippen molar-refractivity contribution in [3.63, 3.8) is 0 Å². The Labute approximate surface area is 109 Å². The number of carboxylic acid groups (broad SMARTS) is 1. The molecule has 0 aromatic carbocycles. The number of carbonyl (C=O) groups excluding carboxylic acids is 1. The molecule has 1 atom stereocenters. The molecule has 1 heterocycles. The van der Waals surface area contributed by atoms with E-state index < -0.39 is 5.97 Å². The molecule has 0 aliphatic carbocycles. The monoisotopic (exact) mass is 271 g/mol. The van der Waals surface area contributed by atoms with Gasteiger partial charge in [-0.15, -0.1) is 11.3 Å². The van der Waals surface area contributed by atoms with E-state index in [1.165, 1.54) is 11.3 Å². The quantitative estimate of drug-likeness (QED) is 0.738. The Balaban J connectivity index is 2.33. The van der Waals surface area contributed by atoms with Crippen molar-refractivity contribution in [2.45, 2.75) is 26.7 Å². The number of hydrogen-bond donors (Lipinski definition) is 3. The molecule has 100 valence electrons. The minimum atomic E-state index is -0.848. The summed E-state index contributed by atoms with van der Waals surface area (Å²) in [6.45, 7) is 4.09. The Kier molecular flexibility index (Phi) is 5.57. The highest BCUT2D eigenvalue weighted by atomic mass is 32.1. The normalized spacial score (nSPS) is 11.9. The van der Waals surface area contributed by atoms with Crippen LogP contribution < -0.4 is 10.6 Å². The standard InChI is InChI=1S/C11H17N3O3S/c1-3-8(4-9(15)16)5-12-10(17)14-11-13-7(2)6-18-11/h6,8H,3-5H2,1-2H3,(H,15,16)(H2,12,13,14,17). The van der Waals surface area contributed by atoms with E-state index in [0.29, 0.717) is 18.1 Å². The number of nitrogens with zero attached hydrogens (tertiary/aromatic N) is 1. The molecule has 0 saturated heterocycles. The van der Waals surface area contributed by atoms with Crippen LogP contribution in [0.4, 0.5) is 9.93 Å². The van der Waals surface area contributed by atoms with Gasteiger partial charge in [0.15, 0.2) is 5.13 Å². The second kappa shape index (κ2) is 6.95. The number of aryl methyl sites for hydroxylation is 1. The van der Waals surface area contributed by atoms with Crippen LogP contribution in [0.2, 0.25) is 0 Å². The molecular formula is C11H17N3O3S. The van der Waals surface area contributed by atoms with Gasteiger partial charge in [0.05, 0.1) is 5.69 Å². The topological polar surface area (TPSA) is 91.3 Å². The summed E-state index contributed by atoms with van der Waals surface area (Å²) in [6.07, 6.45) is 0.774. The molecule has 0 radical (unpaired) electrons. The maximum Gasteiger partial charge on any atom is 0.321 e. The first kappa shape index (κ1) is 14.4. The van der Waals surface area contributed by atoms with E-state index in [-0.39, 0.29) is 18.4 Å². The van der Waals surface area contributed by atoms with Gasteiger partial charge in [0.25, 0.3) is 0 Å². The number of rotatable bonds is 6. The number of aliphatic carboxylic acids is 1. The fourth-order valence-corrected chi connectivity index (χ4v) is 2.08. The lowest BCUT2D eigenvalue weighted by molar-refractivity contribution is -0.138. The van der Waals surface area contributed by atoms with E-state index in [0.717, 1.165) is 5.69 Å². The van der Waals surface area contributed by atoms with Crippen LogP contribution in [0.15, 0.2) is 5.38 Å². The van der Waals surface area contributed by atoms with Crippen LogP contribution in [-0.4, -0.2) is 28.6 Å². The van der Waals surface area contributed by atoms with Crippen molar-refractivity contribution in [2.24, 2.45) is 5.92 Å². The number of carbonyl (C=O) groups is 2. The van der Waals surface area contributed by atoms with E-state index in [4.69, 9.17) is 5.11 Å². The largest absolute Gasteiger partial charge is 0.481 e. The zero-order chi connectivity index (χ0) is 13.5. The average molecular weight is 271 g/mol. The van der Waals surface area contributed by atoms with Gasteiger partial charge in [-0.05, 0) is 12.8 Å². The summed E-state index contributed by atoms with van der Waals surface area (Å²) in [5.74, 6) is -0.897. The number of urea groups is 1. The third kappa shape index (κ3) is 5.13. The number of amides is 2. The minimum Gasteiger partial charge on any atom is -0.481 e. The molecule has 0 aliphatic heterocycles. The summed E-state index contributed by atoms with van der Waals surface area (Å²) in [7, 11) is 0. The van der Waals surface area contributed by atoms with Gasteiger partial charge in [-0.2, -0.15) is 0 Å². The summed E-state index contributed by atoms with van der Waals surface area (Å²) in [5.41, 5.74) is 0.854. The Morgan fingerprint density at radius 1 is 1.56 bits per heavy atom. The van der Waals surface area contributed by atoms with Gasteiger partial charge in [-0.1, -0.05) is 13.3 Å². The van der Waals surface area contributed by atoms with Crippen molar-refractivity contribution in [2.75, 3.05) is 11.9 Å². The fraction of sp³-hybridized carbons (Fsp3) is 0.545. The molecule has 6 nitrogen and oxygen atoms in total. The molecule has 3 N–H and O–H groups in total. The number of anilines is 1. The summed E-state index contributed by atoms with van der Waals surface area (Å²) in [4.78, 5) is 26.2. The smallest absolute Gasteiger partial charge is 0.321 e. The second-order valence-electron chi connectivity index (χ2n) is 4.00. The lowest BCUT2D eigenvalue weighted by atomic mass is 10.0. The zero-order valence-electron chi connectivity index (χ0n) is 10.4. The molecule has 0 spiro atoms. The molecule has 18 heavy (non-hydrogen) atoms. The summed E-state index contributed by atoms with van der Waals surface area (Å²) in [6, 6.07) is -0.354. The van der Waals surface area contributed by atoms with Crippen molar-refractivity contribution >= 4 is 28.5 Å². The summed E-state index contributed by atoms with van der Waals surface area (Å²) in [5, 5.41) is 16.3. The first-order valence-corrected chi connectivity index (χ1v) is 6.58. The van der Waals surface area contributed by atoms with Gasteiger partial charge >= 0.3 is 12.0 Å². The van der Waals surface area contributed by atoms with Gasteiger partial charge in [0.2, 0.25) is 0 Å². The molecule has 7 heteroatoms. The molecule has 0 bridgehead atoms. The first-order chi connectivity index (χ1) is 8.51. The van der Waals surface area contributed by atoms with E-state index in [2.05, 4.69) is 15.6 Å². The van der Waals surface area contributed by atoms with Crippen LogP contribution >= 0.6 is 11.3 Å². The van der Waals surface area contributed by atoms with E-state index in [1.54, 1.807) is 0 Å². The molecule has 0 saturated carbocycles. The van der Waals surface area contributed by atoms with E-state index in [9.17, 15) is 9.59 Å². The number of thiazole rings is 1. The lowest BCUT2D eigenvalue weighted by Gasteiger charge is -2.13. The number of carboxylic acids is 1.